The second kappa shape index (κ2) is 5.93. The number of halogens is 1. The summed E-state index contributed by atoms with van der Waals surface area (Å²) in [5.74, 6) is 0.322. The third-order valence-corrected chi connectivity index (χ3v) is 2.08. The van der Waals surface area contributed by atoms with E-state index in [0.717, 1.165) is 0 Å². The summed E-state index contributed by atoms with van der Waals surface area (Å²) in [6.07, 6.45) is 1.89. The highest BCUT2D eigenvalue weighted by atomic mass is 35.5. The Labute approximate surface area is 106 Å². The first-order chi connectivity index (χ1) is 7.87. The first kappa shape index (κ1) is 13.9. The molecule has 0 unspecified atom stereocenters. The molecule has 1 heterocycles. The van der Waals surface area contributed by atoms with Crippen LogP contribution >= 0.6 is 11.6 Å². The molecule has 0 aliphatic heterocycles. The topological polar surface area (TPSA) is 66.9 Å². The van der Waals surface area contributed by atoms with Gasteiger partial charge >= 0.3 is 0 Å². The zero-order valence-electron chi connectivity index (χ0n) is 10.2. The summed E-state index contributed by atoms with van der Waals surface area (Å²) >= 11 is 5.61. The van der Waals surface area contributed by atoms with Crippen LogP contribution in [-0.4, -0.2) is 28.0 Å². The number of rotatable bonds is 4. The van der Waals surface area contributed by atoms with Gasteiger partial charge in [0.1, 0.15) is 5.82 Å². The molecule has 1 amide bonds. The Bertz CT molecular complexity index is 389. The van der Waals surface area contributed by atoms with Gasteiger partial charge in [-0.15, -0.1) is 0 Å². The minimum atomic E-state index is -0.100. The number of aromatic nitrogens is 2. The number of amides is 1. The molecule has 2 N–H and O–H groups in total. The summed E-state index contributed by atoms with van der Waals surface area (Å²) in [6, 6.07) is 1.60. The maximum absolute atomic E-state index is 11.6. The van der Waals surface area contributed by atoms with Gasteiger partial charge in [0.25, 0.3) is 0 Å². The van der Waals surface area contributed by atoms with Crippen LogP contribution < -0.4 is 10.6 Å². The molecule has 5 nitrogen and oxygen atoms in total. The van der Waals surface area contributed by atoms with Gasteiger partial charge in [-0.05, 0) is 38.4 Å². The Morgan fingerprint density at radius 3 is 2.76 bits per heavy atom. The molecular formula is C11H17ClN4O. The van der Waals surface area contributed by atoms with Crippen LogP contribution in [0, 0.1) is 0 Å². The Morgan fingerprint density at radius 2 is 2.18 bits per heavy atom. The first-order valence-corrected chi connectivity index (χ1v) is 5.78. The van der Waals surface area contributed by atoms with E-state index < -0.39 is 0 Å². The van der Waals surface area contributed by atoms with Gasteiger partial charge in [0, 0.05) is 24.7 Å². The van der Waals surface area contributed by atoms with Gasteiger partial charge in [-0.2, -0.15) is 0 Å². The highest BCUT2D eigenvalue weighted by Crippen LogP contribution is 2.06. The van der Waals surface area contributed by atoms with E-state index in [1.54, 1.807) is 6.07 Å². The van der Waals surface area contributed by atoms with E-state index in [-0.39, 0.29) is 16.7 Å². The van der Waals surface area contributed by atoms with Crippen LogP contribution in [0.5, 0.6) is 0 Å². The molecule has 0 bridgehead atoms. The van der Waals surface area contributed by atoms with Gasteiger partial charge in [-0.3, -0.25) is 4.79 Å². The van der Waals surface area contributed by atoms with Crippen molar-refractivity contribution >= 4 is 23.3 Å². The summed E-state index contributed by atoms with van der Waals surface area (Å²) in [6.45, 7) is 6.77. The smallest absolute Gasteiger partial charge is 0.226 e. The summed E-state index contributed by atoms with van der Waals surface area (Å²) in [4.78, 5) is 19.2. The van der Waals surface area contributed by atoms with E-state index in [9.17, 15) is 4.79 Å². The van der Waals surface area contributed by atoms with Gasteiger partial charge in [0.2, 0.25) is 11.2 Å². The van der Waals surface area contributed by atoms with Crippen LogP contribution in [0.15, 0.2) is 12.3 Å². The summed E-state index contributed by atoms with van der Waals surface area (Å²) in [7, 11) is 0. The molecule has 0 aliphatic rings. The lowest BCUT2D eigenvalue weighted by atomic mass is 10.1. The maximum atomic E-state index is 11.6. The molecule has 0 saturated heterocycles. The van der Waals surface area contributed by atoms with Crippen LogP contribution in [0.4, 0.5) is 5.82 Å². The third kappa shape index (κ3) is 6.19. The van der Waals surface area contributed by atoms with Crippen LogP contribution in [0.2, 0.25) is 5.28 Å². The van der Waals surface area contributed by atoms with Gasteiger partial charge in [-0.1, -0.05) is 0 Å². The molecule has 1 aromatic rings. The first-order valence-electron chi connectivity index (χ1n) is 5.40. The molecule has 0 atom stereocenters. The van der Waals surface area contributed by atoms with Crippen molar-refractivity contribution in [1.29, 1.82) is 0 Å². The van der Waals surface area contributed by atoms with Gasteiger partial charge < -0.3 is 10.6 Å². The lowest BCUT2D eigenvalue weighted by molar-refractivity contribution is -0.116. The summed E-state index contributed by atoms with van der Waals surface area (Å²) in [5.41, 5.74) is 0.0124. The number of nitrogens with one attached hydrogen (secondary N) is 2. The van der Waals surface area contributed by atoms with Crippen molar-refractivity contribution in [3.05, 3.63) is 17.5 Å². The minimum absolute atomic E-state index is 0.0124. The zero-order valence-corrected chi connectivity index (χ0v) is 11.0. The Balaban J connectivity index is 2.35. The van der Waals surface area contributed by atoms with Crippen LogP contribution in [-0.2, 0) is 4.79 Å². The fraction of sp³-hybridized carbons (Fsp3) is 0.545. The number of carbonyl (C=O) groups is 1. The summed E-state index contributed by atoms with van der Waals surface area (Å²) < 4.78 is 0. The number of nitrogens with zero attached hydrogens (tertiary/aromatic N) is 2. The minimum Gasteiger partial charge on any atom is -0.312 e. The van der Waals surface area contributed by atoms with E-state index in [0.29, 0.717) is 18.8 Å². The van der Waals surface area contributed by atoms with Gasteiger partial charge in [-0.25, -0.2) is 9.97 Å². The Kier molecular flexibility index (Phi) is 4.84. The molecule has 0 aromatic carbocycles. The quantitative estimate of drug-likeness (QED) is 0.807. The second-order valence-electron chi connectivity index (χ2n) is 4.69. The molecular weight excluding hydrogens is 240 g/mol. The van der Waals surface area contributed by atoms with Crippen LogP contribution in [0.3, 0.4) is 0 Å². The molecule has 6 heteroatoms. The molecule has 94 valence electrons. The number of hydrogen-bond acceptors (Lipinski definition) is 4. The van der Waals surface area contributed by atoms with Crippen molar-refractivity contribution in [2.45, 2.75) is 32.7 Å². The standard InChI is InChI=1S/C11H17ClN4O/c1-11(2,3)14-7-5-9(17)15-8-4-6-13-10(12)16-8/h4,6,14H,5,7H2,1-3H3,(H,13,15,16,17). The van der Waals surface area contributed by atoms with E-state index in [2.05, 4.69) is 41.4 Å². The fourth-order valence-corrected chi connectivity index (χ4v) is 1.31. The summed E-state index contributed by atoms with van der Waals surface area (Å²) in [5, 5.41) is 6.01. The molecule has 1 rings (SSSR count). The van der Waals surface area contributed by atoms with E-state index in [4.69, 9.17) is 11.6 Å². The van der Waals surface area contributed by atoms with Crippen molar-refractivity contribution in [3.63, 3.8) is 0 Å². The van der Waals surface area contributed by atoms with E-state index >= 15 is 0 Å². The van der Waals surface area contributed by atoms with Crippen molar-refractivity contribution in [1.82, 2.24) is 15.3 Å². The van der Waals surface area contributed by atoms with Crippen molar-refractivity contribution in [3.8, 4) is 0 Å². The zero-order chi connectivity index (χ0) is 12.9. The molecule has 0 radical (unpaired) electrons. The maximum Gasteiger partial charge on any atom is 0.226 e. The Morgan fingerprint density at radius 1 is 1.47 bits per heavy atom. The molecule has 1 aromatic heterocycles. The normalized spacial score (nSPS) is 11.3. The molecule has 0 saturated carbocycles. The second-order valence-corrected chi connectivity index (χ2v) is 5.02. The van der Waals surface area contributed by atoms with E-state index in [1.165, 1.54) is 6.20 Å². The van der Waals surface area contributed by atoms with Crippen LogP contribution in [0.25, 0.3) is 0 Å². The highest BCUT2D eigenvalue weighted by Gasteiger charge is 2.10. The number of hydrogen-bond donors (Lipinski definition) is 2. The van der Waals surface area contributed by atoms with Crippen molar-refractivity contribution < 1.29 is 4.79 Å². The third-order valence-electron chi connectivity index (χ3n) is 1.90. The fourth-order valence-electron chi connectivity index (χ4n) is 1.16. The van der Waals surface area contributed by atoms with E-state index in [1.807, 2.05) is 0 Å². The SMILES string of the molecule is CC(C)(C)NCCC(=O)Nc1ccnc(Cl)n1. The molecule has 0 fully saturated rings. The molecule has 0 aliphatic carbocycles. The molecule has 17 heavy (non-hydrogen) atoms. The lowest BCUT2D eigenvalue weighted by Crippen LogP contribution is -2.37. The number of carbonyl (C=O) groups excluding carboxylic acids is 1. The molecule has 0 spiro atoms. The Hall–Kier alpha value is -1.20. The predicted molar refractivity (Wildman–Crippen MR) is 68.0 cm³/mol. The lowest BCUT2D eigenvalue weighted by Gasteiger charge is -2.20. The van der Waals surface area contributed by atoms with Gasteiger partial charge in [0.15, 0.2) is 0 Å². The highest BCUT2D eigenvalue weighted by molar-refractivity contribution is 6.28. The van der Waals surface area contributed by atoms with Crippen molar-refractivity contribution in [2.24, 2.45) is 0 Å². The van der Waals surface area contributed by atoms with Gasteiger partial charge in [0.05, 0.1) is 0 Å². The largest absolute Gasteiger partial charge is 0.312 e. The predicted octanol–water partition coefficient (Wildman–Crippen LogP) is 1.85. The average molecular weight is 257 g/mol. The monoisotopic (exact) mass is 256 g/mol. The average Bonchev–Trinajstić information content (AvgIpc) is 2.15. The number of anilines is 1. The van der Waals surface area contributed by atoms with Crippen molar-refractivity contribution in [2.75, 3.05) is 11.9 Å². The van der Waals surface area contributed by atoms with Crippen LogP contribution in [0.1, 0.15) is 27.2 Å².